The molecule has 2 aromatic carbocycles. The van der Waals surface area contributed by atoms with Crippen LogP contribution in [0.4, 0.5) is 4.39 Å². The van der Waals surface area contributed by atoms with Gasteiger partial charge in [0.2, 0.25) is 0 Å². The van der Waals surface area contributed by atoms with Crippen LogP contribution < -0.4 is 4.74 Å². The summed E-state index contributed by atoms with van der Waals surface area (Å²) in [7, 11) is 0. The first-order chi connectivity index (χ1) is 9.47. The molecule has 0 unspecified atom stereocenters. The van der Waals surface area contributed by atoms with Crippen LogP contribution in [0.3, 0.4) is 0 Å². The number of carbonyl (C=O) groups is 1. The number of ether oxygens (including phenoxy) is 1. The Balaban J connectivity index is 2.17. The smallest absolute Gasteiger partial charge is 0.252 e. The average Bonchev–Trinajstić information content (AvgIpc) is 2.39. The maximum atomic E-state index is 12.8. The molecule has 0 fully saturated rings. The second-order valence-corrected chi connectivity index (χ2v) is 5.12. The van der Waals surface area contributed by atoms with E-state index in [-0.39, 0.29) is 33.8 Å². The Hall–Kier alpha value is -1.29. The summed E-state index contributed by atoms with van der Waals surface area (Å²) in [4.78, 5) is 11.0. The van der Waals surface area contributed by atoms with Crippen LogP contribution in [0, 0.1) is 5.82 Å². The highest BCUT2D eigenvalue weighted by Crippen LogP contribution is 2.35. The molecule has 0 saturated carbocycles. The van der Waals surface area contributed by atoms with Gasteiger partial charge in [0.15, 0.2) is 5.75 Å². The van der Waals surface area contributed by atoms with Gasteiger partial charge in [-0.1, -0.05) is 35.3 Å². The minimum Gasteiger partial charge on any atom is -0.486 e. The lowest BCUT2D eigenvalue weighted by molar-refractivity contribution is 0.108. The molecule has 0 aromatic heterocycles. The molecule has 0 amide bonds. The lowest BCUT2D eigenvalue weighted by Crippen LogP contribution is -1.98. The van der Waals surface area contributed by atoms with Crippen LogP contribution in [0.2, 0.25) is 10.0 Å². The topological polar surface area (TPSA) is 26.3 Å². The zero-order valence-electron chi connectivity index (χ0n) is 10.00. The van der Waals surface area contributed by atoms with Gasteiger partial charge in [-0.25, -0.2) is 4.39 Å². The minimum absolute atomic E-state index is 0.174. The molecule has 0 atom stereocenters. The van der Waals surface area contributed by atoms with Crippen molar-refractivity contribution in [2.75, 3.05) is 0 Å². The molecule has 0 aliphatic heterocycles. The monoisotopic (exact) mass is 332 g/mol. The molecule has 0 N–H and O–H groups in total. The standard InChI is InChI=1S/C14H8Cl3FO2/c15-11-5-9(14(17)19)6-12(16)13(11)20-7-8-1-3-10(18)4-2-8/h1-6H,7H2. The quantitative estimate of drug-likeness (QED) is 0.728. The fourth-order valence-corrected chi connectivity index (χ4v) is 2.25. The molecule has 0 bridgehead atoms. The third-order valence-corrected chi connectivity index (χ3v) is 3.30. The van der Waals surface area contributed by atoms with Crippen LogP contribution in [0.5, 0.6) is 5.75 Å². The zero-order chi connectivity index (χ0) is 14.7. The number of hydrogen-bond donors (Lipinski definition) is 0. The highest BCUT2D eigenvalue weighted by atomic mass is 35.5. The van der Waals surface area contributed by atoms with Gasteiger partial charge in [-0.2, -0.15) is 0 Å². The molecule has 0 aliphatic rings. The van der Waals surface area contributed by atoms with Gasteiger partial charge in [0.1, 0.15) is 12.4 Å². The van der Waals surface area contributed by atoms with E-state index in [9.17, 15) is 9.18 Å². The van der Waals surface area contributed by atoms with Crippen molar-refractivity contribution in [3.63, 3.8) is 0 Å². The second kappa shape index (κ2) is 6.44. The van der Waals surface area contributed by atoms with E-state index < -0.39 is 5.24 Å². The first-order valence-corrected chi connectivity index (χ1v) is 6.67. The van der Waals surface area contributed by atoms with Gasteiger partial charge in [0.05, 0.1) is 10.0 Å². The van der Waals surface area contributed by atoms with Crippen LogP contribution in [-0.2, 0) is 6.61 Å². The maximum Gasteiger partial charge on any atom is 0.252 e. The SMILES string of the molecule is O=C(Cl)c1cc(Cl)c(OCc2ccc(F)cc2)c(Cl)c1. The van der Waals surface area contributed by atoms with Gasteiger partial charge < -0.3 is 4.74 Å². The predicted octanol–water partition coefficient (Wildman–Crippen LogP) is 5.09. The summed E-state index contributed by atoms with van der Waals surface area (Å²) in [5.74, 6) is -0.0749. The minimum atomic E-state index is -0.654. The Morgan fingerprint density at radius 2 is 1.65 bits per heavy atom. The van der Waals surface area contributed by atoms with E-state index in [2.05, 4.69) is 0 Å². The van der Waals surface area contributed by atoms with Crippen molar-refractivity contribution in [1.29, 1.82) is 0 Å². The van der Waals surface area contributed by atoms with Gasteiger partial charge in [-0.3, -0.25) is 4.79 Å². The normalized spacial score (nSPS) is 10.4. The van der Waals surface area contributed by atoms with E-state index >= 15 is 0 Å². The van der Waals surface area contributed by atoms with Crippen LogP contribution in [-0.4, -0.2) is 5.24 Å². The van der Waals surface area contributed by atoms with E-state index in [1.807, 2.05) is 0 Å². The van der Waals surface area contributed by atoms with E-state index in [0.29, 0.717) is 0 Å². The Bertz CT molecular complexity index is 618. The molecular formula is C14H8Cl3FO2. The Labute approximate surface area is 130 Å². The molecule has 0 heterocycles. The third-order valence-electron chi connectivity index (χ3n) is 2.52. The summed E-state index contributed by atoms with van der Waals surface area (Å²) >= 11 is 17.3. The first kappa shape index (κ1) is 15.1. The van der Waals surface area contributed by atoms with Crippen molar-refractivity contribution in [3.05, 3.63) is 63.4 Å². The first-order valence-electron chi connectivity index (χ1n) is 5.53. The molecule has 2 rings (SSSR count). The predicted molar refractivity (Wildman–Crippen MR) is 77.4 cm³/mol. The Morgan fingerprint density at radius 3 is 2.15 bits per heavy atom. The lowest BCUT2D eigenvalue weighted by atomic mass is 10.2. The molecule has 0 spiro atoms. The van der Waals surface area contributed by atoms with Crippen molar-refractivity contribution in [1.82, 2.24) is 0 Å². The Morgan fingerprint density at radius 1 is 1.10 bits per heavy atom. The van der Waals surface area contributed by atoms with E-state index in [4.69, 9.17) is 39.5 Å². The van der Waals surface area contributed by atoms with Gasteiger partial charge in [0.25, 0.3) is 5.24 Å². The molecule has 6 heteroatoms. The molecular weight excluding hydrogens is 326 g/mol. The number of hydrogen-bond acceptors (Lipinski definition) is 2. The van der Waals surface area contributed by atoms with Crippen molar-refractivity contribution < 1.29 is 13.9 Å². The number of halogens is 4. The molecule has 0 radical (unpaired) electrons. The highest BCUT2D eigenvalue weighted by Gasteiger charge is 2.13. The summed E-state index contributed by atoms with van der Waals surface area (Å²) in [5.41, 5.74) is 0.951. The van der Waals surface area contributed by atoms with Crippen LogP contribution >= 0.6 is 34.8 Å². The van der Waals surface area contributed by atoms with Gasteiger partial charge >= 0.3 is 0 Å². The van der Waals surface area contributed by atoms with Crippen molar-refractivity contribution in [3.8, 4) is 5.75 Å². The molecule has 2 aromatic rings. The molecule has 0 aliphatic carbocycles. The number of carbonyl (C=O) groups excluding carboxylic acids is 1. The van der Waals surface area contributed by atoms with Gasteiger partial charge in [0, 0.05) is 5.56 Å². The summed E-state index contributed by atoms with van der Waals surface area (Å²) in [5, 5.41) is -0.286. The fourth-order valence-electron chi connectivity index (χ4n) is 1.55. The van der Waals surface area contributed by atoms with Crippen molar-refractivity contribution in [2.24, 2.45) is 0 Å². The van der Waals surface area contributed by atoms with E-state index in [1.54, 1.807) is 12.1 Å². The van der Waals surface area contributed by atoms with Gasteiger partial charge in [-0.05, 0) is 41.4 Å². The van der Waals surface area contributed by atoms with Crippen LogP contribution in [0.15, 0.2) is 36.4 Å². The third kappa shape index (κ3) is 3.63. The van der Waals surface area contributed by atoms with E-state index in [0.717, 1.165) is 5.56 Å². The summed E-state index contributed by atoms with van der Waals surface area (Å²) in [6, 6.07) is 8.60. The summed E-state index contributed by atoms with van der Waals surface area (Å²) < 4.78 is 18.3. The van der Waals surface area contributed by atoms with E-state index in [1.165, 1.54) is 24.3 Å². The summed E-state index contributed by atoms with van der Waals surface area (Å²) in [6.07, 6.45) is 0. The van der Waals surface area contributed by atoms with Crippen LogP contribution in [0.1, 0.15) is 15.9 Å². The fraction of sp³-hybridized carbons (Fsp3) is 0.0714. The van der Waals surface area contributed by atoms with Gasteiger partial charge in [-0.15, -0.1) is 0 Å². The number of benzene rings is 2. The summed E-state index contributed by atoms with van der Waals surface area (Å²) in [6.45, 7) is 0.174. The number of rotatable bonds is 4. The average molecular weight is 334 g/mol. The highest BCUT2D eigenvalue weighted by molar-refractivity contribution is 6.68. The molecule has 2 nitrogen and oxygen atoms in total. The second-order valence-electron chi connectivity index (χ2n) is 3.96. The Kier molecular flexibility index (Phi) is 4.86. The van der Waals surface area contributed by atoms with Crippen molar-refractivity contribution >= 4 is 40.0 Å². The van der Waals surface area contributed by atoms with Crippen molar-refractivity contribution in [2.45, 2.75) is 6.61 Å². The maximum absolute atomic E-state index is 12.8. The van der Waals surface area contributed by atoms with Crippen LogP contribution in [0.25, 0.3) is 0 Å². The molecule has 20 heavy (non-hydrogen) atoms. The largest absolute Gasteiger partial charge is 0.486 e. The molecule has 0 saturated heterocycles. The zero-order valence-corrected chi connectivity index (χ0v) is 12.3. The molecule has 104 valence electrons. The lowest BCUT2D eigenvalue weighted by Gasteiger charge is -2.11.